The van der Waals surface area contributed by atoms with Gasteiger partial charge in [-0.05, 0) is 36.4 Å². The highest BCUT2D eigenvalue weighted by Gasteiger charge is 2.26. The van der Waals surface area contributed by atoms with Crippen molar-refractivity contribution in [2.45, 2.75) is 13.3 Å². The van der Waals surface area contributed by atoms with Crippen molar-refractivity contribution in [2.24, 2.45) is 0 Å². The monoisotopic (exact) mass is 364 g/mol. The van der Waals surface area contributed by atoms with Crippen LogP contribution in [0.15, 0.2) is 48.7 Å². The molecule has 3 aromatic rings. The third-order valence-electron chi connectivity index (χ3n) is 5.14. The number of aromatic nitrogens is 2. The lowest BCUT2D eigenvalue weighted by atomic mass is 10.2. The number of piperazine rings is 1. The van der Waals surface area contributed by atoms with Crippen LogP contribution < -0.4 is 9.64 Å². The number of anilines is 1. The van der Waals surface area contributed by atoms with Crippen LogP contribution in [0.3, 0.4) is 0 Å². The van der Waals surface area contributed by atoms with E-state index in [0.717, 1.165) is 42.3 Å². The number of carbonyl (C=O) groups is 1. The first kappa shape index (κ1) is 17.4. The van der Waals surface area contributed by atoms with Gasteiger partial charge in [-0.15, -0.1) is 0 Å². The number of pyridine rings is 1. The Morgan fingerprint density at radius 3 is 2.48 bits per heavy atom. The van der Waals surface area contributed by atoms with Gasteiger partial charge in [0, 0.05) is 44.5 Å². The molecule has 0 aliphatic carbocycles. The number of aryl methyl sites for hydroxylation is 1. The average Bonchev–Trinajstić information content (AvgIpc) is 3.12. The summed E-state index contributed by atoms with van der Waals surface area (Å²) in [5.74, 6) is 1.80. The molecule has 0 spiro atoms. The smallest absolute Gasteiger partial charge is 0.274 e. The Morgan fingerprint density at radius 2 is 1.81 bits per heavy atom. The van der Waals surface area contributed by atoms with E-state index in [2.05, 4.69) is 28.9 Å². The zero-order chi connectivity index (χ0) is 18.8. The van der Waals surface area contributed by atoms with Gasteiger partial charge in [-0.25, -0.2) is 4.98 Å². The van der Waals surface area contributed by atoms with Gasteiger partial charge in [0.25, 0.3) is 5.91 Å². The molecule has 3 heterocycles. The molecule has 0 N–H and O–H groups in total. The number of rotatable bonds is 4. The molecule has 140 valence electrons. The number of hydrogen-bond donors (Lipinski definition) is 0. The second-order valence-corrected chi connectivity index (χ2v) is 6.66. The second kappa shape index (κ2) is 7.31. The lowest BCUT2D eigenvalue weighted by Gasteiger charge is -2.36. The summed E-state index contributed by atoms with van der Waals surface area (Å²) in [5, 5.41) is 0. The molecule has 6 heteroatoms. The Bertz CT molecular complexity index is 940. The number of carbonyl (C=O) groups excluding carboxylic acids is 1. The number of fused-ring (bicyclic) bond motifs is 1. The van der Waals surface area contributed by atoms with E-state index in [0.29, 0.717) is 18.8 Å². The summed E-state index contributed by atoms with van der Waals surface area (Å²) in [4.78, 5) is 21.9. The second-order valence-electron chi connectivity index (χ2n) is 6.66. The summed E-state index contributed by atoms with van der Waals surface area (Å²) in [6, 6.07) is 13.9. The summed E-state index contributed by atoms with van der Waals surface area (Å²) in [7, 11) is 1.67. The van der Waals surface area contributed by atoms with Gasteiger partial charge in [-0.1, -0.05) is 13.0 Å². The highest BCUT2D eigenvalue weighted by atomic mass is 16.5. The summed E-state index contributed by atoms with van der Waals surface area (Å²) in [6.45, 7) is 5.06. The topological polar surface area (TPSA) is 50.1 Å². The third kappa shape index (κ3) is 3.23. The fourth-order valence-corrected chi connectivity index (χ4v) is 3.62. The Balaban J connectivity index is 1.49. The van der Waals surface area contributed by atoms with Crippen LogP contribution in [0.5, 0.6) is 5.75 Å². The van der Waals surface area contributed by atoms with E-state index in [1.54, 1.807) is 7.11 Å². The summed E-state index contributed by atoms with van der Waals surface area (Å²) in [6.07, 6.45) is 2.77. The van der Waals surface area contributed by atoms with E-state index in [1.165, 1.54) is 0 Å². The molecule has 27 heavy (non-hydrogen) atoms. The van der Waals surface area contributed by atoms with Crippen molar-refractivity contribution < 1.29 is 9.53 Å². The maximum absolute atomic E-state index is 13.1. The van der Waals surface area contributed by atoms with E-state index in [9.17, 15) is 4.79 Å². The van der Waals surface area contributed by atoms with Crippen LogP contribution in [-0.2, 0) is 6.42 Å². The molecule has 0 unspecified atom stereocenters. The highest BCUT2D eigenvalue weighted by Crippen LogP contribution is 2.22. The average molecular weight is 364 g/mol. The third-order valence-corrected chi connectivity index (χ3v) is 5.14. The predicted octanol–water partition coefficient (Wildman–Crippen LogP) is 2.87. The molecule has 1 aromatic carbocycles. The highest BCUT2D eigenvalue weighted by molar-refractivity contribution is 5.99. The first-order chi connectivity index (χ1) is 13.2. The minimum atomic E-state index is 0.0211. The number of ether oxygens (including phenoxy) is 1. The van der Waals surface area contributed by atoms with Crippen molar-refractivity contribution in [1.29, 1.82) is 0 Å². The van der Waals surface area contributed by atoms with Crippen molar-refractivity contribution in [2.75, 3.05) is 38.2 Å². The van der Waals surface area contributed by atoms with E-state index < -0.39 is 0 Å². The SMILES string of the molecule is CCc1nc(C(=O)N2CCN(c3ccc(OC)cc3)CC2)c2ccccn12. The van der Waals surface area contributed by atoms with Crippen LogP contribution in [-0.4, -0.2) is 53.5 Å². The Hall–Kier alpha value is -3.02. The lowest BCUT2D eigenvalue weighted by Crippen LogP contribution is -2.48. The van der Waals surface area contributed by atoms with Crippen LogP contribution in [0.1, 0.15) is 23.2 Å². The Morgan fingerprint density at radius 1 is 1.07 bits per heavy atom. The molecular weight excluding hydrogens is 340 g/mol. The van der Waals surface area contributed by atoms with Crippen molar-refractivity contribution in [3.8, 4) is 5.75 Å². The van der Waals surface area contributed by atoms with Crippen molar-refractivity contribution in [1.82, 2.24) is 14.3 Å². The lowest BCUT2D eigenvalue weighted by molar-refractivity contribution is 0.0743. The molecule has 0 radical (unpaired) electrons. The molecule has 1 aliphatic rings. The standard InChI is InChI=1S/C21H24N4O2/c1-3-19-22-20(18-6-4-5-11-25(18)19)21(26)24-14-12-23(13-15-24)16-7-9-17(27-2)10-8-16/h4-11H,3,12-15H2,1-2H3. The normalized spacial score (nSPS) is 14.6. The maximum Gasteiger partial charge on any atom is 0.274 e. The molecule has 0 saturated carbocycles. The molecule has 2 aromatic heterocycles. The van der Waals surface area contributed by atoms with E-state index >= 15 is 0 Å². The number of hydrogen-bond acceptors (Lipinski definition) is 4. The quantitative estimate of drug-likeness (QED) is 0.714. The van der Waals surface area contributed by atoms with Crippen molar-refractivity contribution in [3.63, 3.8) is 0 Å². The van der Waals surface area contributed by atoms with E-state index in [-0.39, 0.29) is 5.91 Å². The molecule has 0 atom stereocenters. The Labute approximate surface area is 159 Å². The van der Waals surface area contributed by atoms with Gasteiger partial charge < -0.3 is 18.9 Å². The number of methoxy groups -OCH3 is 1. The predicted molar refractivity (Wildman–Crippen MR) is 106 cm³/mol. The molecule has 1 amide bonds. The molecule has 1 saturated heterocycles. The van der Waals surface area contributed by atoms with Crippen LogP contribution in [0.25, 0.3) is 5.52 Å². The van der Waals surface area contributed by atoms with Gasteiger partial charge in [0.1, 0.15) is 11.6 Å². The fourth-order valence-electron chi connectivity index (χ4n) is 3.62. The Kier molecular flexibility index (Phi) is 4.71. The summed E-state index contributed by atoms with van der Waals surface area (Å²) in [5.41, 5.74) is 2.60. The number of nitrogens with zero attached hydrogens (tertiary/aromatic N) is 4. The van der Waals surface area contributed by atoms with Gasteiger partial charge in [0.05, 0.1) is 12.6 Å². The summed E-state index contributed by atoms with van der Waals surface area (Å²) >= 11 is 0. The largest absolute Gasteiger partial charge is 0.497 e. The van der Waals surface area contributed by atoms with E-state index in [1.807, 2.05) is 45.8 Å². The zero-order valence-electron chi connectivity index (χ0n) is 15.8. The van der Waals surface area contributed by atoms with Crippen LogP contribution in [0, 0.1) is 0 Å². The molecule has 0 bridgehead atoms. The zero-order valence-corrected chi connectivity index (χ0v) is 15.8. The number of imidazole rings is 1. The van der Waals surface area contributed by atoms with Crippen molar-refractivity contribution in [3.05, 3.63) is 60.2 Å². The molecular formula is C21H24N4O2. The van der Waals surface area contributed by atoms with Gasteiger partial charge in [-0.2, -0.15) is 0 Å². The minimum Gasteiger partial charge on any atom is -0.497 e. The minimum absolute atomic E-state index is 0.0211. The first-order valence-electron chi connectivity index (χ1n) is 9.35. The van der Waals surface area contributed by atoms with Gasteiger partial charge in [0.2, 0.25) is 0 Å². The van der Waals surface area contributed by atoms with Crippen LogP contribution in [0.2, 0.25) is 0 Å². The van der Waals surface area contributed by atoms with Crippen LogP contribution >= 0.6 is 0 Å². The first-order valence-corrected chi connectivity index (χ1v) is 9.35. The van der Waals surface area contributed by atoms with Crippen LogP contribution in [0.4, 0.5) is 5.69 Å². The van der Waals surface area contributed by atoms with Gasteiger partial charge in [-0.3, -0.25) is 4.79 Å². The van der Waals surface area contributed by atoms with Gasteiger partial charge in [0.15, 0.2) is 5.69 Å². The number of benzene rings is 1. The molecule has 4 rings (SSSR count). The van der Waals surface area contributed by atoms with Gasteiger partial charge >= 0.3 is 0 Å². The van der Waals surface area contributed by atoms with Crippen molar-refractivity contribution >= 4 is 17.1 Å². The van der Waals surface area contributed by atoms with E-state index in [4.69, 9.17) is 4.74 Å². The fraction of sp³-hybridized carbons (Fsp3) is 0.333. The molecule has 6 nitrogen and oxygen atoms in total. The molecule has 1 fully saturated rings. The number of amides is 1. The summed E-state index contributed by atoms with van der Waals surface area (Å²) < 4.78 is 7.23. The maximum atomic E-state index is 13.1. The molecule has 1 aliphatic heterocycles.